The average Bonchev–Trinajstić information content (AvgIpc) is 2.94. The highest BCUT2D eigenvalue weighted by Crippen LogP contribution is 2.40. The van der Waals surface area contributed by atoms with Crippen LogP contribution in [0.4, 0.5) is 32.0 Å². The van der Waals surface area contributed by atoms with Crippen molar-refractivity contribution in [3.05, 3.63) is 38.3 Å². The highest BCUT2D eigenvalue weighted by molar-refractivity contribution is 7.15. The van der Waals surface area contributed by atoms with Gasteiger partial charge in [0, 0.05) is 0 Å². The Morgan fingerprint density at radius 3 is 2.08 bits per heavy atom. The average molecular weight is 439 g/mol. The van der Waals surface area contributed by atoms with Gasteiger partial charge in [-0.1, -0.05) is 34.5 Å². The first-order valence-corrected chi connectivity index (χ1v) is 7.91. The van der Waals surface area contributed by atoms with E-state index in [1.165, 1.54) is 0 Å². The van der Waals surface area contributed by atoms with E-state index in [4.69, 9.17) is 23.2 Å². The van der Waals surface area contributed by atoms with Crippen molar-refractivity contribution in [2.75, 3.05) is 12.4 Å². The first-order chi connectivity index (χ1) is 11.8. The summed E-state index contributed by atoms with van der Waals surface area (Å²) in [7, 11) is 1.06. The van der Waals surface area contributed by atoms with E-state index in [9.17, 15) is 31.1 Å². The quantitative estimate of drug-likeness (QED) is 0.620. The van der Waals surface area contributed by atoms with Gasteiger partial charge in [-0.15, -0.1) is 0 Å². The summed E-state index contributed by atoms with van der Waals surface area (Å²) in [6, 6.07) is 0.974. The van der Waals surface area contributed by atoms with Crippen molar-refractivity contribution in [1.29, 1.82) is 0 Å². The second-order valence-corrected chi connectivity index (χ2v) is 6.40. The number of carbonyl (C=O) groups excluding carboxylic acids is 1. The number of benzene rings is 1. The van der Waals surface area contributed by atoms with E-state index in [0.717, 1.165) is 7.11 Å². The van der Waals surface area contributed by atoms with Crippen LogP contribution >= 0.6 is 34.5 Å². The highest BCUT2D eigenvalue weighted by Gasteiger charge is 2.40. The molecule has 1 N–H and O–H groups in total. The lowest BCUT2D eigenvalue weighted by molar-refractivity contribution is -0.141. The molecule has 0 unspecified atom stereocenters. The third-order valence-electron chi connectivity index (χ3n) is 2.86. The van der Waals surface area contributed by atoms with Gasteiger partial charge < -0.3 is 10.1 Å². The number of anilines is 1. The number of nitrogens with one attached hydrogen (secondary N) is 1. The Labute approximate surface area is 155 Å². The van der Waals surface area contributed by atoms with Crippen LogP contribution in [0, 0.1) is 0 Å². The zero-order chi connectivity index (χ0) is 19.9. The van der Waals surface area contributed by atoms with E-state index < -0.39 is 55.3 Å². The predicted octanol–water partition coefficient (Wildman–Crippen LogP) is 5.75. The van der Waals surface area contributed by atoms with Gasteiger partial charge in [0.25, 0.3) is 11.1 Å². The number of thiazole rings is 1. The molecule has 0 fully saturated rings. The smallest absolute Gasteiger partial charge is 0.435 e. The van der Waals surface area contributed by atoms with Gasteiger partial charge in [-0.05, 0) is 12.1 Å². The first kappa shape index (κ1) is 20.6. The van der Waals surface area contributed by atoms with Gasteiger partial charge in [-0.2, -0.15) is 31.3 Å². The number of rotatable bonds is 3. The van der Waals surface area contributed by atoms with Crippen LogP contribution in [0.3, 0.4) is 0 Å². The van der Waals surface area contributed by atoms with Gasteiger partial charge in [0.15, 0.2) is 5.69 Å². The molecule has 0 spiro atoms. The number of alkyl halides is 6. The molecule has 0 aliphatic carbocycles. The Morgan fingerprint density at radius 1 is 1.12 bits per heavy atom. The normalized spacial score (nSPS) is 12.2. The summed E-state index contributed by atoms with van der Waals surface area (Å²) >= 11 is 11.7. The van der Waals surface area contributed by atoms with Crippen LogP contribution in [-0.2, 0) is 12.4 Å². The zero-order valence-corrected chi connectivity index (χ0v) is 14.7. The first-order valence-electron chi connectivity index (χ1n) is 6.34. The molecule has 2 aromatic rings. The fourth-order valence-electron chi connectivity index (χ4n) is 1.76. The predicted molar refractivity (Wildman–Crippen MR) is 83.1 cm³/mol. The van der Waals surface area contributed by atoms with Gasteiger partial charge in [-0.3, -0.25) is 4.79 Å². The molecule has 4 nitrogen and oxygen atoms in total. The molecular weight excluding hydrogens is 433 g/mol. The van der Waals surface area contributed by atoms with Crippen molar-refractivity contribution in [2.45, 2.75) is 12.4 Å². The molecule has 0 aliphatic heterocycles. The second kappa shape index (κ2) is 7.12. The molecule has 1 aromatic heterocycles. The summed E-state index contributed by atoms with van der Waals surface area (Å²) in [4.78, 5) is 14.5. The molecule has 1 amide bonds. The maximum atomic E-state index is 13.0. The van der Waals surface area contributed by atoms with Crippen molar-refractivity contribution in [1.82, 2.24) is 4.98 Å². The number of ether oxygens (including phenoxy) is 1. The van der Waals surface area contributed by atoms with E-state index in [2.05, 4.69) is 9.72 Å². The number of amides is 1. The van der Waals surface area contributed by atoms with Crippen LogP contribution in [-0.4, -0.2) is 18.0 Å². The number of hydrogen-bond acceptors (Lipinski definition) is 4. The maximum Gasteiger partial charge on any atom is 0.435 e. The van der Waals surface area contributed by atoms with Crippen molar-refractivity contribution >= 4 is 46.1 Å². The molecule has 142 valence electrons. The summed E-state index contributed by atoms with van der Waals surface area (Å²) in [6.45, 7) is 0. The van der Waals surface area contributed by atoms with Gasteiger partial charge in [0.1, 0.15) is 4.88 Å². The molecule has 13 heteroatoms. The number of hydrogen-bond donors (Lipinski definition) is 1. The Balaban J connectivity index is 2.42. The number of halogens is 8. The summed E-state index contributed by atoms with van der Waals surface area (Å²) in [5.41, 5.74) is -3.15. The molecule has 26 heavy (non-hydrogen) atoms. The highest BCUT2D eigenvalue weighted by atomic mass is 35.5. The van der Waals surface area contributed by atoms with Crippen LogP contribution in [0.15, 0.2) is 12.1 Å². The molecule has 0 bridgehead atoms. The van der Waals surface area contributed by atoms with E-state index in [1.807, 2.05) is 5.32 Å². The topological polar surface area (TPSA) is 51.2 Å². The SMILES string of the molecule is COc1nc(C(F)(F)F)c(C(=O)Nc2c(Cl)cc(C(F)(F)F)cc2Cl)s1. The van der Waals surface area contributed by atoms with Crippen LogP contribution in [0.25, 0.3) is 0 Å². The van der Waals surface area contributed by atoms with E-state index in [0.29, 0.717) is 23.5 Å². The summed E-state index contributed by atoms with van der Waals surface area (Å²) < 4.78 is 81.5. The Kier molecular flexibility index (Phi) is 5.64. The number of aromatic nitrogens is 1. The van der Waals surface area contributed by atoms with Crippen LogP contribution < -0.4 is 10.1 Å². The van der Waals surface area contributed by atoms with Crippen molar-refractivity contribution < 1.29 is 35.9 Å². The minimum Gasteiger partial charge on any atom is -0.473 e. The molecule has 0 saturated carbocycles. The fourth-order valence-corrected chi connectivity index (χ4v) is 3.14. The summed E-state index contributed by atoms with van der Waals surface area (Å²) in [5, 5.41) is 0.356. The Morgan fingerprint density at radius 2 is 1.65 bits per heavy atom. The molecule has 0 aliphatic rings. The monoisotopic (exact) mass is 438 g/mol. The lowest BCUT2D eigenvalue weighted by Crippen LogP contribution is -2.18. The fraction of sp³-hybridized carbons (Fsp3) is 0.231. The molecule has 0 atom stereocenters. The van der Waals surface area contributed by atoms with Crippen molar-refractivity contribution in [3.63, 3.8) is 0 Å². The van der Waals surface area contributed by atoms with Crippen molar-refractivity contribution in [3.8, 4) is 5.19 Å². The van der Waals surface area contributed by atoms with E-state index in [-0.39, 0.29) is 0 Å². The standard InChI is InChI=1S/C13H6Cl2F6N2O2S/c1-25-11-23-9(13(19,20)21)8(26-11)10(24)22-7-5(14)2-4(3-6(7)15)12(16,17)18/h2-3H,1H3,(H,22,24). The third kappa shape index (κ3) is 4.33. The molecule has 1 aromatic carbocycles. The van der Waals surface area contributed by atoms with Crippen molar-refractivity contribution in [2.24, 2.45) is 0 Å². The lowest BCUT2D eigenvalue weighted by atomic mass is 10.2. The minimum absolute atomic E-state index is 0.301. The number of methoxy groups -OCH3 is 1. The van der Waals surface area contributed by atoms with Crippen LogP contribution in [0.5, 0.6) is 5.19 Å². The minimum atomic E-state index is -4.95. The summed E-state index contributed by atoms with van der Waals surface area (Å²) in [5.74, 6) is -1.30. The van der Waals surface area contributed by atoms with Crippen LogP contribution in [0.1, 0.15) is 20.9 Å². The molecule has 2 rings (SSSR count). The molecule has 0 radical (unpaired) electrons. The van der Waals surface area contributed by atoms with E-state index in [1.54, 1.807) is 0 Å². The number of nitrogens with zero attached hydrogens (tertiary/aromatic N) is 1. The molecule has 1 heterocycles. The van der Waals surface area contributed by atoms with E-state index >= 15 is 0 Å². The zero-order valence-electron chi connectivity index (χ0n) is 12.4. The van der Waals surface area contributed by atoms with Gasteiger partial charge in [0.2, 0.25) is 0 Å². The lowest BCUT2D eigenvalue weighted by Gasteiger charge is -2.13. The van der Waals surface area contributed by atoms with Crippen LogP contribution in [0.2, 0.25) is 10.0 Å². The summed E-state index contributed by atoms with van der Waals surface area (Å²) in [6.07, 6.45) is -9.70. The van der Waals surface area contributed by atoms with Gasteiger partial charge >= 0.3 is 12.4 Å². The largest absolute Gasteiger partial charge is 0.473 e. The number of carbonyl (C=O) groups is 1. The molecular formula is C13H6Cl2F6N2O2S. The Bertz CT molecular complexity index is 827. The maximum absolute atomic E-state index is 13.0. The van der Waals surface area contributed by atoms with Gasteiger partial charge in [-0.25, -0.2) is 0 Å². The third-order valence-corrected chi connectivity index (χ3v) is 4.48. The van der Waals surface area contributed by atoms with Gasteiger partial charge in [0.05, 0.1) is 28.4 Å². The second-order valence-electron chi connectivity index (χ2n) is 4.63. The molecule has 0 saturated heterocycles. The Hall–Kier alpha value is -1.72.